The number of aromatic nitrogens is 2. The number of nitrogens with zero attached hydrogens (tertiary/aromatic N) is 2. The fourth-order valence-electron chi connectivity index (χ4n) is 2.91. The van der Waals surface area contributed by atoms with Crippen molar-refractivity contribution in [2.24, 2.45) is 0 Å². The summed E-state index contributed by atoms with van der Waals surface area (Å²) in [5.41, 5.74) is 0. The van der Waals surface area contributed by atoms with E-state index in [0.717, 1.165) is 37.5 Å². The highest BCUT2D eigenvalue weighted by atomic mass is 19.1. The van der Waals surface area contributed by atoms with E-state index in [-0.39, 0.29) is 30.3 Å². The molecule has 1 amide bonds. The number of ether oxygens (including phenoxy) is 1. The molecule has 3 rings (SSSR count). The van der Waals surface area contributed by atoms with E-state index >= 15 is 0 Å². The van der Waals surface area contributed by atoms with E-state index in [1.807, 2.05) is 10.8 Å². The number of imidazole rings is 1. The smallest absolute Gasteiger partial charge is 0.258 e. The minimum atomic E-state index is -0.698. The molecule has 1 N–H and O–H groups in total. The molecule has 1 fully saturated rings. The topological polar surface area (TPSA) is 56.1 Å². The maximum Gasteiger partial charge on any atom is 0.258 e. The predicted molar refractivity (Wildman–Crippen MR) is 78.9 cm³/mol. The summed E-state index contributed by atoms with van der Waals surface area (Å²) in [5, 5.41) is 2.89. The minimum Gasteiger partial charge on any atom is -0.481 e. The summed E-state index contributed by atoms with van der Waals surface area (Å²) < 4.78 is 33.5. The van der Waals surface area contributed by atoms with Crippen molar-refractivity contribution in [1.82, 2.24) is 14.9 Å². The third-order valence-electron chi connectivity index (χ3n) is 3.99. The molecule has 0 saturated heterocycles. The van der Waals surface area contributed by atoms with Crippen molar-refractivity contribution < 1.29 is 18.3 Å². The van der Waals surface area contributed by atoms with Crippen LogP contribution < -0.4 is 10.1 Å². The largest absolute Gasteiger partial charge is 0.481 e. The average molecular weight is 321 g/mol. The van der Waals surface area contributed by atoms with Gasteiger partial charge in [-0.3, -0.25) is 4.79 Å². The van der Waals surface area contributed by atoms with E-state index in [2.05, 4.69) is 10.3 Å². The van der Waals surface area contributed by atoms with Crippen molar-refractivity contribution in [3.63, 3.8) is 0 Å². The highest BCUT2D eigenvalue weighted by Gasteiger charge is 2.29. The van der Waals surface area contributed by atoms with E-state index < -0.39 is 11.6 Å². The monoisotopic (exact) mass is 321 g/mol. The van der Waals surface area contributed by atoms with Gasteiger partial charge < -0.3 is 14.6 Å². The Hall–Kier alpha value is -2.44. The molecule has 2 aromatic rings. The van der Waals surface area contributed by atoms with Gasteiger partial charge in [-0.2, -0.15) is 0 Å². The molecule has 2 atom stereocenters. The zero-order valence-corrected chi connectivity index (χ0v) is 12.4. The molecule has 0 bridgehead atoms. The van der Waals surface area contributed by atoms with E-state index in [1.165, 1.54) is 0 Å². The third kappa shape index (κ3) is 3.67. The summed E-state index contributed by atoms with van der Waals surface area (Å²) in [5.74, 6) is -1.93. The summed E-state index contributed by atoms with van der Waals surface area (Å²) in [4.78, 5) is 16.0. The summed E-state index contributed by atoms with van der Waals surface area (Å²) >= 11 is 0. The number of benzene rings is 1. The first kappa shape index (κ1) is 15.5. The van der Waals surface area contributed by atoms with Gasteiger partial charge in [0, 0.05) is 24.5 Å². The lowest BCUT2D eigenvalue weighted by Crippen LogP contribution is -2.40. The maximum absolute atomic E-state index is 13.4. The maximum atomic E-state index is 13.4. The lowest BCUT2D eigenvalue weighted by molar-refractivity contribution is -0.124. The molecule has 1 heterocycles. The number of hydrogen-bond acceptors (Lipinski definition) is 3. The Kier molecular flexibility index (Phi) is 4.55. The van der Waals surface area contributed by atoms with Crippen molar-refractivity contribution in [2.75, 3.05) is 6.61 Å². The Morgan fingerprint density at radius 1 is 1.39 bits per heavy atom. The van der Waals surface area contributed by atoms with Gasteiger partial charge in [0.1, 0.15) is 5.82 Å². The molecular formula is C16H17F2N3O2. The Bertz CT molecular complexity index is 676. The molecule has 23 heavy (non-hydrogen) atoms. The van der Waals surface area contributed by atoms with Gasteiger partial charge >= 0.3 is 0 Å². The van der Waals surface area contributed by atoms with E-state index in [4.69, 9.17) is 4.74 Å². The first-order valence-electron chi connectivity index (χ1n) is 7.48. The van der Waals surface area contributed by atoms with Gasteiger partial charge in [-0.05, 0) is 31.4 Å². The van der Waals surface area contributed by atoms with Crippen LogP contribution in [0.1, 0.15) is 25.3 Å². The van der Waals surface area contributed by atoms with Gasteiger partial charge in [0.15, 0.2) is 18.2 Å². The second-order valence-corrected chi connectivity index (χ2v) is 5.55. The third-order valence-corrected chi connectivity index (χ3v) is 3.99. The SMILES string of the molecule is O=C(COc1cc(F)ccc1F)N[C@@H]1CCC[C@@H]1n1ccnc1. The number of rotatable bonds is 5. The van der Waals surface area contributed by atoms with Crippen molar-refractivity contribution in [3.8, 4) is 5.75 Å². The van der Waals surface area contributed by atoms with Crippen LogP contribution in [0.4, 0.5) is 8.78 Å². The van der Waals surface area contributed by atoms with Crippen LogP contribution >= 0.6 is 0 Å². The van der Waals surface area contributed by atoms with Crippen LogP contribution in [0, 0.1) is 11.6 Å². The number of carbonyl (C=O) groups is 1. The summed E-state index contributed by atoms with van der Waals surface area (Å²) in [6.45, 7) is -0.354. The van der Waals surface area contributed by atoms with Gasteiger partial charge in [0.05, 0.1) is 12.4 Å². The average Bonchev–Trinajstić information content (AvgIpc) is 3.19. The zero-order valence-electron chi connectivity index (χ0n) is 12.4. The Morgan fingerprint density at radius 3 is 3.04 bits per heavy atom. The van der Waals surface area contributed by atoms with Crippen molar-refractivity contribution in [2.45, 2.75) is 31.3 Å². The van der Waals surface area contributed by atoms with Crippen LogP contribution in [0.25, 0.3) is 0 Å². The molecule has 0 aliphatic heterocycles. The molecule has 7 heteroatoms. The minimum absolute atomic E-state index is 0.0161. The molecule has 1 aliphatic rings. The van der Waals surface area contributed by atoms with Gasteiger partial charge in [-0.25, -0.2) is 13.8 Å². The van der Waals surface area contributed by atoms with Crippen LogP contribution in [0.3, 0.4) is 0 Å². The van der Waals surface area contributed by atoms with Crippen LogP contribution in [-0.4, -0.2) is 28.1 Å². The van der Waals surface area contributed by atoms with Gasteiger partial charge in [0.2, 0.25) is 0 Å². The highest BCUT2D eigenvalue weighted by molar-refractivity contribution is 5.78. The highest BCUT2D eigenvalue weighted by Crippen LogP contribution is 2.29. The molecule has 0 spiro atoms. The van der Waals surface area contributed by atoms with Crippen LogP contribution in [-0.2, 0) is 4.79 Å². The van der Waals surface area contributed by atoms with Crippen LogP contribution in [0.5, 0.6) is 5.75 Å². The van der Waals surface area contributed by atoms with Crippen LogP contribution in [0.15, 0.2) is 36.9 Å². The molecule has 0 radical (unpaired) electrons. The molecular weight excluding hydrogens is 304 g/mol. The summed E-state index contributed by atoms with van der Waals surface area (Å²) in [6, 6.07) is 3.03. The van der Waals surface area contributed by atoms with Gasteiger partial charge in [-0.1, -0.05) is 0 Å². The number of carbonyl (C=O) groups excluding carboxylic acids is 1. The Balaban J connectivity index is 1.56. The quantitative estimate of drug-likeness (QED) is 0.920. The molecule has 1 aromatic carbocycles. The van der Waals surface area contributed by atoms with Gasteiger partial charge in [0.25, 0.3) is 5.91 Å². The van der Waals surface area contributed by atoms with Crippen LogP contribution in [0.2, 0.25) is 0 Å². The molecule has 1 saturated carbocycles. The summed E-state index contributed by atoms with van der Waals surface area (Å²) in [7, 11) is 0. The first-order valence-corrected chi connectivity index (χ1v) is 7.48. The van der Waals surface area contributed by atoms with Crippen molar-refractivity contribution in [3.05, 3.63) is 48.6 Å². The fourth-order valence-corrected chi connectivity index (χ4v) is 2.91. The van der Waals surface area contributed by atoms with E-state index in [0.29, 0.717) is 0 Å². The number of amides is 1. The zero-order chi connectivity index (χ0) is 16.2. The van der Waals surface area contributed by atoms with Gasteiger partial charge in [-0.15, -0.1) is 0 Å². The predicted octanol–water partition coefficient (Wildman–Crippen LogP) is 2.45. The van der Waals surface area contributed by atoms with E-state index in [9.17, 15) is 13.6 Å². The lowest BCUT2D eigenvalue weighted by Gasteiger charge is -2.22. The number of hydrogen-bond donors (Lipinski definition) is 1. The molecule has 1 aliphatic carbocycles. The second kappa shape index (κ2) is 6.76. The second-order valence-electron chi connectivity index (χ2n) is 5.55. The normalized spacial score (nSPS) is 20.4. The Labute approximate surface area is 132 Å². The number of halogens is 2. The van der Waals surface area contributed by atoms with Crippen molar-refractivity contribution in [1.29, 1.82) is 0 Å². The molecule has 0 unspecified atom stereocenters. The molecule has 1 aromatic heterocycles. The summed E-state index contributed by atoms with van der Waals surface area (Å²) in [6.07, 6.45) is 8.13. The number of nitrogens with one attached hydrogen (secondary N) is 1. The standard InChI is InChI=1S/C16H17F2N3O2/c17-11-4-5-12(18)15(8-11)23-9-16(22)20-13-2-1-3-14(13)21-7-6-19-10-21/h4-8,10,13-14H,1-3,9H2,(H,20,22)/t13-,14+/m1/s1. The van der Waals surface area contributed by atoms with E-state index in [1.54, 1.807) is 12.5 Å². The Morgan fingerprint density at radius 2 is 2.26 bits per heavy atom. The fraction of sp³-hybridized carbons (Fsp3) is 0.375. The first-order chi connectivity index (χ1) is 11.1. The van der Waals surface area contributed by atoms with Crippen molar-refractivity contribution >= 4 is 5.91 Å². The molecule has 5 nitrogen and oxygen atoms in total. The lowest BCUT2D eigenvalue weighted by atomic mass is 10.1. The molecule has 122 valence electrons.